The molecule has 32 valence electrons. The van der Waals surface area contributed by atoms with Gasteiger partial charge in [-0.1, -0.05) is 0 Å². The van der Waals surface area contributed by atoms with E-state index in [0.717, 1.165) is 0 Å². The molecule has 0 heterocycles. The van der Waals surface area contributed by atoms with Gasteiger partial charge in [0.1, 0.15) is 0 Å². The van der Waals surface area contributed by atoms with E-state index in [1.54, 1.807) is 0 Å². The minimum absolute atomic E-state index is 0. The van der Waals surface area contributed by atoms with Crippen molar-refractivity contribution in [2.24, 2.45) is 0 Å². The second kappa shape index (κ2) is 3.81. The van der Waals surface area contributed by atoms with Gasteiger partial charge in [0.25, 0.3) is 0 Å². The Balaban J connectivity index is 0. The summed E-state index contributed by atoms with van der Waals surface area (Å²) in [6.45, 7) is 0. The first-order valence-electron chi connectivity index (χ1n) is 0.725. The number of halogens is 3. The van der Waals surface area contributed by atoms with Crippen molar-refractivity contribution in [1.82, 2.24) is 0 Å². The van der Waals surface area contributed by atoms with E-state index < -0.39 is 7.47 Å². The fraction of sp³-hybridized carbons (Fsp3) is 0. The normalized spacial score (nSPS) is 5.40. The lowest BCUT2D eigenvalue weighted by Gasteiger charge is -1.52. The summed E-state index contributed by atoms with van der Waals surface area (Å²) in [6.07, 6.45) is 0. The summed E-state index contributed by atoms with van der Waals surface area (Å²) in [6, 6.07) is 0. The van der Waals surface area contributed by atoms with Crippen molar-refractivity contribution in [2.45, 2.75) is 0 Å². The monoisotopic (exact) mass is 86.0 g/mol. The Kier molecular flexibility index (Phi) is 6.75. The molecular formula is H2BF3O. The molecule has 0 saturated heterocycles. The predicted molar refractivity (Wildman–Crippen MR) is 11.6 cm³/mol. The van der Waals surface area contributed by atoms with Crippen molar-refractivity contribution >= 4 is 7.47 Å². The zero-order valence-electron chi connectivity index (χ0n) is 2.21. The molecule has 2 N–H and O–H groups in total. The average Bonchev–Trinajstić information content (AvgIpc) is 0.811. The number of hydrogen-bond acceptors (Lipinski definition) is 0. The van der Waals surface area contributed by atoms with Crippen LogP contribution >= 0.6 is 0 Å². The maximum atomic E-state index is 10.0. The summed E-state index contributed by atoms with van der Waals surface area (Å²) in [5.41, 5.74) is 0. The van der Waals surface area contributed by atoms with Gasteiger partial charge >= 0.3 is 7.47 Å². The summed E-state index contributed by atoms with van der Waals surface area (Å²) in [4.78, 5) is 0. The lowest BCUT2D eigenvalue weighted by atomic mass is 10.4. The molecule has 0 aromatic carbocycles. The fourth-order valence-corrected chi connectivity index (χ4v) is 0. The van der Waals surface area contributed by atoms with E-state index in [2.05, 4.69) is 0 Å². The van der Waals surface area contributed by atoms with E-state index in [4.69, 9.17) is 5.02 Å². The highest BCUT2D eigenvalue weighted by molar-refractivity contribution is 6.32. The highest BCUT2D eigenvalue weighted by Crippen LogP contribution is 1.69. The molecule has 0 bridgehead atoms. The first kappa shape index (κ1) is 8.84. The van der Waals surface area contributed by atoms with Crippen LogP contribution in [0.5, 0.6) is 0 Å². The molecule has 1 nitrogen and oxygen atoms in total. The lowest BCUT2D eigenvalue weighted by Crippen LogP contribution is -3.00. The summed E-state index contributed by atoms with van der Waals surface area (Å²) < 4.78 is 20.0. The van der Waals surface area contributed by atoms with Gasteiger partial charge in [0.2, 0.25) is 0 Å². The van der Waals surface area contributed by atoms with Crippen LogP contribution in [-0.2, 0) is 0 Å². The van der Waals surface area contributed by atoms with Gasteiger partial charge in [0.05, 0.1) is 0 Å². The highest BCUT2D eigenvalue weighted by Gasteiger charge is 2.19. The molecule has 5 heteroatoms. The van der Waals surface area contributed by atoms with Gasteiger partial charge in [-0.25, -0.2) is 8.63 Å². The predicted octanol–water partition coefficient (Wildman–Crippen LogP) is -3.36. The zero-order valence-corrected chi connectivity index (χ0v) is 2.21. The van der Waals surface area contributed by atoms with Crippen LogP contribution in [0.3, 0.4) is 0 Å². The smallest absolute Gasteiger partial charge is 0.976 e. The molecule has 0 fully saturated rings. The molecule has 0 aromatic heterocycles. The van der Waals surface area contributed by atoms with E-state index in [1.165, 1.54) is 0 Å². The Bertz CT molecular complexity index is 11.6. The molecule has 0 aromatic rings. The van der Waals surface area contributed by atoms with Crippen LogP contribution in [0.1, 0.15) is 0 Å². The number of hydrogen-bond donors (Lipinski definition) is 0. The Morgan fingerprint density at radius 1 is 1.40 bits per heavy atom. The van der Waals surface area contributed by atoms with E-state index in [1.807, 2.05) is 0 Å². The molecule has 0 aliphatic rings. The molecule has 0 rings (SSSR count). The van der Waals surface area contributed by atoms with Crippen molar-refractivity contribution in [3.05, 3.63) is 0 Å². The molecule has 0 radical (unpaired) electrons. The maximum absolute atomic E-state index is 10.0. The zero-order chi connectivity index (χ0) is 3.58. The third kappa shape index (κ3) is 367. The molecule has 0 spiro atoms. The van der Waals surface area contributed by atoms with Crippen LogP contribution in [0.2, 0.25) is 0 Å². The second-order valence-corrected chi connectivity index (χ2v) is 0.301. The highest BCUT2D eigenvalue weighted by atomic mass is 19.2. The number of rotatable bonds is 0. The SMILES string of the molecule is [F-].[OH2+]B(F)F. The molecule has 0 aliphatic heterocycles. The van der Waals surface area contributed by atoms with Crippen molar-refractivity contribution < 1.29 is 18.4 Å². The van der Waals surface area contributed by atoms with Crippen LogP contribution in [-0.4, -0.2) is 12.5 Å². The fourth-order valence-electron chi connectivity index (χ4n) is 0. The summed E-state index contributed by atoms with van der Waals surface area (Å²) in [5, 5.41) is 5.25. The quantitative estimate of drug-likeness (QED) is 0.217. The Labute approximate surface area is 27.2 Å². The van der Waals surface area contributed by atoms with Gasteiger partial charge in [-0.2, -0.15) is 0 Å². The van der Waals surface area contributed by atoms with Crippen molar-refractivity contribution in [2.75, 3.05) is 0 Å². The second-order valence-electron chi connectivity index (χ2n) is 0.301. The third-order valence-electron chi connectivity index (χ3n) is 0. The Morgan fingerprint density at radius 2 is 1.40 bits per heavy atom. The van der Waals surface area contributed by atoms with Gasteiger partial charge in [0.15, 0.2) is 0 Å². The van der Waals surface area contributed by atoms with Crippen LogP contribution in [0.15, 0.2) is 0 Å². The topological polar surface area (TPSA) is 22.9 Å². The van der Waals surface area contributed by atoms with Gasteiger partial charge in [-0.05, 0) is 0 Å². The molecule has 0 atom stereocenters. The minimum Gasteiger partial charge on any atom is -1.00 e. The molecule has 0 saturated carbocycles. The van der Waals surface area contributed by atoms with E-state index in [0.29, 0.717) is 0 Å². The van der Waals surface area contributed by atoms with Crippen molar-refractivity contribution in [3.8, 4) is 0 Å². The summed E-state index contributed by atoms with van der Waals surface area (Å²) in [7, 11) is -2.92. The van der Waals surface area contributed by atoms with E-state index in [-0.39, 0.29) is 4.70 Å². The van der Waals surface area contributed by atoms with E-state index >= 15 is 0 Å². The lowest BCUT2D eigenvalue weighted by molar-refractivity contribution is -0.00000449. The van der Waals surface area contributed by atoms with Gasteiger partial charge in [0, 0.05) is 0 Å². The summed E-state index contributed by atoms with van der Waals surface area (Å²) in [5.74, 6) is 0. The van der Waals surface area contributed by atoms with Crippen LogP contribution in [0, 0.1) is 0 Å². The Hall–Kier alpha value is -0.185. The van der Waals surface area contributed by atoms with Gasteiger partial charge in [-0.3, -0.25) is 0 Å². The van der Waals surface area contributed by atoms with Gasteiger partial charge in [-0.15, -0.1) is 0 Å². The van der Waals surface area contributed by atoms with Gasteiger partial charge < -0.3 is 9.73 Å². The van der Waals surface area contributed by atoms with E-state index in [9.17, 15) is 8.63 Å². The molecule has 5 heavy (non-hydrogen) atoms. The van der Waals surface area contributed by atoms with Crippen LogP contribution in [0.25, 0.3) is 0 Å². The summed E-state index contributed by atoms with van der Waals surface area (Å²) >= 11 is 0. The van der Waals surface area contributed by atoms with Crippen molar-refractivity contribution in [3.63, 3.8) is 0 Å². The average molecular weight is 85.8 g/mol. The third-order valence-corrected chi connectivity index (χ3v) is 0. The first-order valence-corrected chi connectivity index (χ1v) is 0.725. The van der Waals surface area contributed by atoms with Crippen LogP contribution in [0.4, 0.5) is 8.63 Å². The molecule has 0 unspecified atom stereocenters. The van der Waals surface area contributed by atoms with Crippen LogP contribution < -0.4 is 4.70 Å². The largest absolute Gasteiger partial charge is 1.00 e. The maximum Gasteiger partial charge on any atom is 0.976 e. The molecular weight excluding hydrogens is 83.8 g/mol. The molecule has 0 aliphatic carbocycles. The first-order chi connectivity index (χ1) is 1.73. The Morgan fingerprint density at radius 3 is 1.40 bits per heavy atom. The standard InChI is InChI=1S/BF2HO.FH/c2-1(3)4;/h4H;1H. The van der Waals surface area contributed by atoms with Crippen molar-refractivity contribution in [1.29, 1.82) is 0 Å². The molecule has 0 amide bonds. The minimum atomic E-state index is -2.92.